The van der Waals surface area contributed by atoms with E-state index in [2.05, 4.69) is 65.5 Å². The van der Waals surface area contributed by atoms with Crippen molar-refractivity contribution < 1.29 is 23.9 Å². The van der Waals surface area contributed by atoms with Gasteiger partial charge in [0.15, 0.2) is 0 Å². The van der Waals surface area contributed by atoms with Crippen LogP contribution in [0.15, 0.2) is 48.7 Å². The summed E-state index contributed by atoms with van der Waals surface area (Å²) in [6, 6.07) is 13.8. The van der Waals surface area contributed by atoms with Gasteiger partial charge in [-0.05, 0) is 78.5 Å². The Balaban J connectivity index is 1.05. The number of benzene rings is 3. The molecule has 0 spiro atoms. The number of H-pyrrole nitrogens is 2. The molecule has 276 valence electrons. The lowest BCUT2D eigenvalue weighted by Gasteiger charge is -2.29. The minimum absolute atomic E-state index is 0.0136. The van der Waals surface area contributed by atoms with Gasteiger partial charge in [0.1, 0.15) is 30.0 Å². The summed E-state index contributed by atoms with van der Waals surface area (Å²) in [6.45, 7) is 9.78. The molecule has 12 heteroatoms. The molecule has 3 amide bonds. The van der Waals surface area contributed by atoms with E-state index in [0.29, 0.717) is 25.5 Å². The van der Waals surface area contributed by atoms with Gasteiger partial charge in [-0.3, -0.25) is 9.59 Å². The highest BCUT2D eigenvalue weighted by Gasteiger charge is 2.38. The summed E-state index contributed by atoms with van der Waals surface area (Å²) in [5.41, 5.74) is 6.93. The SMILES string of the molecule is COC(=O)N[C@H](C(=O)N1CCC[C@H]1c1nc2c(ccc3c4c(ccc32)-c2ccc(-c3cnc([C@H]5CCCN5C(=O)CC(C)C)[nH]3)cc2CO4)[nH]1)C(C)C. The first-order chi connectivity index (χ1) is 25.6. The van der Waals surface area contributed by atoms with Crippen LogP contribution in [0.3, 0.4) is 0 Å². The lowest BCUT2D eigenvalue weighted by atomic mass is 9.92. The Kier molecular flexibility index (Phi) is 9.08. The maximum atomic E-state index is 13.7. The Labute approximate surface area is 308 Å². The molecule has 12 nitrogen and oxygen atoms in total. The highest BCUT2D eigenvalue weighted by Crippen LogP contribution is 2.45. The van der Waals surface area contributed by atoms with E-state index in [-0.39, 0.29) is 29.8 Å². The molecule has 0 radical (unpaired) electrons. The molecule has 3 aliphatic heterocycles. The van der Waals surface area contributed by atoms with Gasteiger partial charge in [-0.1, -0.05) is 45.9 Å². The smallest absolute Gasteiger partial charge is 0.407 e. The number of aromatic amines is 2. The van der Waals surface area contributed by atoms with Crippen molar-refractivity contribution in [3.8, 4) is 28.1 Å². The minimum Gasteiger partial charge on any atom is -0.488 e. The minimum atomic E-state index is -0.693. The largest absolute Gasteiger partial charge is 0.488 e. The molecule has 3 aromatic carbocycles. The van der Waals surface area contributed by atoms with Crippen LogP contribution in [0.2, 0.25) is 0 Å². The second kappa shape index (κ2) is 13.9. The Bertz CT molecular complexity index is 2220. The first-order valence-corrected chi connectivity index (χ1v) is 18.8. The van der Waals surface area contributed by atoms with Crippen LogP contribution in [-0.4, -0.2) is 73.9 Å². The Morgan fingerprint density at radius 1 is 0.925 bits per heavy atom. The number of hydrogen-bond donors (Lipinski definition) is 3. The number of ether oxygens (including phenoxy) is 2. The summed E-state index contributed by atoms with van der Waals surface area (Å²) < 4.78 is 11.3. The topological polar surface area (TPSA) is 146 Å². The highest BCUT2D eigenvalue weighted by molar-refractivity contribution is 6.09. The molecule has 3 aliphatic rings. The average molecular weight is 718 g/mol. The van der Waals surface area contributed by atoms with Gasteiger partial charge >= 0.3 is 6.09 Å². The van der Waals surface area contributed by atoms with E-state index in [1.807, 2.05) is 35.9 Å². The van der Waals surface area contributed by atoms with Gasteiger partial charge in [0, 0.05) is 35.8 Å². The molecular weight excluding hydrogens is 670 g/mol. The highest BCUT2D eigenvalue weighted by atomic mass is 16.5. The molecule has 5 heterocycles. The Morgan fingerprint density at radius 3 is 2.42 bits per heavy atom. The number of nitrogens with zero attached hydrogens (tertiary/aromatic N) is 4. The number of amides is 3. The van der Waals surface area contributed by atoms with Gasteiger partial charge in [-0.2, -0.15) is 0 Å². The molecule has 0 unspecified atom stereocenters. The van der Waals surface area contributed by atoms with Crippen molar-refractivity contribution in [1.29, 1.82) is 0 Å². The fraction of sp³-hybridized carbons (Fsp3) is 0.439. The van der Waals surface area contributed by atoms with E-state index in [1.54, 1.807) is 0 Å². The summed E-state index contributed by atoms with van der Waals surface area (Å²) in [5.74, 6) is 2.69. The molecule has 5 aromatic rings. The van der Waals surface area contributed by atoms with Gasteiger partial charge in [-0.25, -0.2) is 14.8 Å². The lowest BCUT2D eigenvalue weighted by Crippen LogP contribution is -2.51. The number of carbonyl (C=O) groups is 3. The van der Waals surface area contributed by atoms with E-state index < -0.39 is 12.1 Å². The van der Waals surface area contributed by atoms with Crippen molar-refractivity contribution >= 4 is 39.7 Å². The molecule has 0 aliphatic carbocycles. The Morgan fingerprint density at radius 2 is 1.66 bits per heavy atom. The predicted molar refractivity (Wildman–Crippen MR) is 202 cm³/mol. The van der Waals surface area contributed by atoms with Crippen molar-refractivity contribution in [2.24, 2.45) is 11.8 Å². The number of methoxy groups -OCH3 is 1. The molecule has 2 saturated heterocycles. The van der Waals surface area contributed by atoms with E-state index in [0.717, 1.165) is 99.4 Å². The van der Waals surface area contributed by atoms with E-state index >= 15 is 0 Å². The van der Waals surface area contributed by atoms with Crippen LogP contribution in [0.25, 0.3) is 44.2 Å². The second-order valence-corrected chi connectivity index (χ2v) is 15.4. The number of carbonyl (C=O) groups excluding carboxylic acids is 3. The zero-order valence-corrected chi connectivity index (χ0v) is 31.0. The molecule has 2 aromatic heterocycles. The molecule has 2 fully saturated rings. The van der Waals surface area contributed by atoms with Gasteiger partial charge < -0.3 is 34.6 Å². The summed E-state index contributed by atoms with van der Waals surface area (Å²) in [4.78, 5) is 59.3. The number of alkyl carbamates (subject to hydrolysis) is 1. The van der Waals surface area contributed by atoms with E-state index in [9.17, 15) is 14.4 Å². The van der Waals surface area contributed by atoms with Crippen molar-refractivity contribution in [3.63, 3.8) is 0 Å². The van der Waals surface area contributed by atoms with Crippen LogP contribution < -0.4 is 10.1 Å². The lowest BCUT2D eigenvalue weighted by molar-refractivity contribution is -0.135. The third-order valence-corrected chi connectivity index (χ3v) is 11.0. The zero-order valence-electron chi connectivity index (χ0n) is 31.0. The quantitative estimate of drug-likeness (QED) is 0.151. The fourth-order valence-electron chi connectivity index (χ4n) is 8.35. The number of imidazole rings is 2. The van der Waals surface area contributed by atoms with Crippen LogP contribution in [0.1, 0.15) is 89.1 Å². The van der Waals surface area contributed by atoms with Gasteiger partial charge in [0.2, 0.25) is 11.8 Å². The molecule has 3 N–H and O–H groups in total. The second-order valence-electron chi connectivity index (χ2n) is 15.4. The standard InChI is InChI=1S/C41H47N7O5/c1-22(2)18-34(49)47-16-6-8-32(47)38-42-20-31(44-38)24-10-11-26-25(19-24)21-53-37-28(26)13-12-27-29(37)14-15-30-36(27)45-39(43-30)33-9-7-17-48(33)40(50)35(23(3)4)46-41(51)52-5/h10-15,19-20,22-23,32-33,35H,6-9,16-18,21H2,1-5H3,(H,42,44)(H,43,45)(H,46,51)/t32-,33+,35+/m1/s1. The number of rotatable bonds is 8. The zero-order chi connectivity index (χ0) is 37.0. The van der Waals surface area contributed by atoms with Gasteiger partial charge in [0.25, 0.3) is 0 Å². The van der Waals surface area contributed by atoms with Crippen molar-refractivity contribution in [3.05, 3.63) is 65.9 Å². The fourth-order valence-corrected chi connectivity index (χ4v) is 8.35. The van der Waals surface area contributed by atoms with E-state index in [4.69, 9.17) is 19.4 Å². The molecular formula is C41H47N7O5. The molecule has 8 rings (SSSR count). The third-order valence-electron chi connectivity index (χ3n) is 11.0. The van der Waals surface area contributed by atoms with Gasteiger partial charge in [-0.15, -0.1) is 0 Å². The number of fused-ring (bicyclic) bond motifs is 7. The van der Waals surface area contributed by atoms with Crippen LogP contribution >= 0.6 is 0 Å². The maximum Gasteiger partial charge on any atom is 0.407 e. The van der Waals surface area contributed by atoms with Crippen LogP contribution in [0.5, 0.6) is 5.75 Å². The van der Waals surface area contributed by atoms with Crippen LogP contribution in [-0.2, 0) is 20.9 Å². The van der Waals surface area contributed by atoms with Crippen molar-refractivity contribution in [1.82, 2.24) is 35.1 Å². The summed E-state index contributed by atoms with van der Waals surface area (Å²) in [5, 5.41) is 4.68. The normalized spacial score (nSPS) is 18.8. The molecule has 0 bridgehead atoms. The number of likely N-dealkylation sites (tertiary alicyclic amines) is 2. The van der Waals surface area contributed by atoms with E-state index in [1.165, 1.54) is 7.11 Å². The summed E-state index contributed by atoms with van der Waals surface area (Å²) >= 11 is 0. The average Bonchev–Trinajstić information content (AvgIpc) is 3.98. The van der Waals surface area contributed by atoms with Crippen molar-refractivity contribution in [2.45, 2.75) is 84.5 Å². The van der Waals surface area contributed by atoms with Gasteiger partial charge in [0.05, 0.1) is 42.1 Å². The number of hydrogen-bond acceptors (Lipinski definition) is 7. The number of aromatic nitrogens is 4. The van der Waals surface area contributed by atoms with Crippen molar-refractivity contribution in [2.75, 3.05) is 20.2 Å². The molecule has 3 atom stereocenters. The first-order valence-electron chi connectivity index (χ1n) is 18.8. The maximum absolute atomic E-state index is 13.7. The summed E-state index contributed by atoms with van der Waals surface area (Å²) in [6.07, 6.45) is 5.33. The Hall–Kier alpha value is -5.39. The predicted octanol–water partition coefficient (Wildman–Crippen LogP) is 7.42. The summed E-state index contributed by atoms with van der Waals surface area (Å²) in [7, 11) is 1.30. The molecule has 0 saturated carbocycles. The van der Waals surface area contributed by atoms with Crippen LogP contribution in [0.4, 0.5) is 4.79 Å². The first kappa shape index (κ1) is 34.7. The third kappa shape index (κ3) is 6.27. The van der Waals surface area contributed by atoms with Crippen LogP contribution in [0, 0.1) is 11.8 Å². The molecule has 53 heavy (non-hydrogen) atoms. The monoisotopic (exact) mass is 717 g/mol. The number of nitrogens with one attached hydrogen (secondary N) is 3.